The van der Waals surface area contributed by atoms with Crippen molar-refractivity contribution < 1.29 is 0 Å². The first-order valence-electron chi connectivity index (χ1n) is 3.68. The van der Waals surface area contributed by atoms with E-state index in [9.17, 15) is 0 Å². The second-order valence-corrected chi connectivity index (χ2v) is 3.01. The van der Waals surface area contributed by atoms with Gasteiger partial charge in [0.2, 0.25) is 0 Å². The summed E-state index contributed by atoms with van der Waals surface area (Å²) in [5, 5.41) is 0. The fourth-order valence-electron chi connectivity index (χ4n) is 0.789. The van der Waals surface area contributed by atoms with Gasteiger partial charge in [-0.05, 0) is 11.8 Å². The lowest BCUT2D eigenvalue weighted by atomic mass is 9.94. The summed E-state index contributed by atoms with van der Waals surface area (Å²) < 4.78 is 0. The van der Waals surface area contributed by atoms with E-state index in [-0.39, 0.29) is 7.43 Å². The van der Waals surface area contributed by atoms with Crippen LogP contribution in [0.1, 0.15) is 48.0 Å². The van der Waals surface area contributed by atoms with Crippen LogP contribution < -0.4 is 0 Å². The zero-order valence-electron chi connectivity index (χ0n) is 6.57. The van der Waals surface area contributed by atoms with Crippen LogP contribution >= 0.6 is 0 Å². The molecule has 0 heteroatoms. The summed E-state index contributed by atoms with van der Waals surface area (Å²) in [6.45, 7) is 9.16. The molecular weight excluding hydrogens is 108 g/mol. The first-order chi connectivity index (χ1) is 3.68. The third kappa shape index (κ3) is 5.88. The van der Waals surface area contributed by atoms with Gasteiger partial charge in [0.25, 0.3) is 0 Å². The maximum atomic E-state index is 2.33. The first kappa shape index (κ1) is 11.8. The normalized spacial score (nSPS) is 13.0. The van der Waals surface area contributed by atoms with E-state index in [4.69, 9.17) is 0 Å². The summed E-state index contributed by atoms with van der Waals surface area (Å²) in [6, 6.07) is 0. The molecule has 0 amide bonds. The van der Waals surface area contributed by atoms with Gasteiger partial charge in [-0.3, -0.25) is 0 Å². The van der Waals surface area contributed by atoms with Crippen LogP contribution in [0.15, 0.2) is 0 Å². The van der Waals surface area contributed by atoms with Crippen LogP contribution in [0.4, 0.5) is 0 Å². The lowest BCUT2D eigenvalue weighted by Gasteiger charge is -2.12. The molecule has 0 aliphatic carbocycles. The molecule has 0 spiro atoms. The van der Waals surface area contributed by atoms with Crippen LogP contribution in [0.3, 0.4) is 0 Å². The van der Waals surface area contributed by atoms with Gasteiger partial charge in [-0.1, -0.05) is 48.0 Å². The van der Waals surface area contributed by atoms with Gasteiger partial charge in [0.05, 0.1) is 0 Å². The molecule has 0 aliphatic rings. The highest BCUT2D eigenvalue weighted by Crippen LogP contribution is 2.14. The molecule has 1 atom stereocenters. The fourth-order valence-corrected chi connectivity index (χ4v) is 0.789. The van der Waals surface area contributed by atoms with Gasteiger partial charge in [0, 0.05) is 0 Å². The summed E-state index contributed by atoms with van der Waals surface area (Å²) >= 11 is 0. The summed E-state index contributed by atoms with van der Waals surface area (Å²) in [4.78, 5) is 0. The van der Waals surface area contributed by atoms with Gasteiger partial charge in [0.15, 0.2) is 0 Å². The molecule has 0 aromatic heterocycles. The molecule has 0 unspecified atom stereocenters. The van der Waals surface area contributed by atoms with Gasteiger partial charge in [0.1, 0.15) is 0 Å². The standard InChI is InChI=1S/C8H18.CH4/c1-5-6-8(4)7(2)3;/h7-8H,5-6H2,1-4H3;1H4/t8-;/m1./s1. The van der Waals surface area contributed by atoms with Crippen molar-refractivity contribution in [3.8, 4) is 0 Å². The monoisotopic (exact) mass is 130 g/mol. The van der Waals surface area contributed by atoms with Crippen molar-refractivity contribution in [2.45, 2.75) is 48.0 Å². The van der Waals surface area contributed by atoms with Crippen LogP contribution in [-0.4, -0.2) is 0 Å². The van der Waals surface area contributed by atoms with E-state index < -0.39 is 0 Å². The molecule has 0 heterocycles. The van der Waals surface area contributed by atoms with E-state index in [2.05, 4.69) is 27.7 Å². The van der Waals surface area contributed by atoms with Crippen molar-refractivity contribution in [1.82, 2.24) is 0 Å². The van der Waals surface area contributed by atoms with Crippen LogP contribution in [0, 0.1) is 11.8 Å². The van der Waals surface area contributed by atoms with E-state index in [1.165, 1.54) is 12.8 Å². The highest BCUT2D eigenvalue weighted by molar-refractivity contribution is 4.54. The van der Waals surface area contributed by atoms with E-state index in [0.29, 0.717) is 0 Å². The average molecular weight is 130 g/mol. The molecule has 0 aromatic carbocycles. The molecule has 0 rings (SSSR count). The SMILES string of the molecule is C.CCC[C@@H](C)C(C)C. The minimum absolute atomic E-state index is 0. The number of rotatable bonds is 3. The molecule has 0 bridgehead atoms. The van der Waals surface area contributed by atoms with E-state index >= 15 is 0 Å². The minimum atomic E-state index is 0. The first-order valence-corrected chi connectivity index (χ1v) is 3.68. The molecular formula is C9H22. The molecule has 0 N–H and O–H groups in total. The Kier molecular flexibility index (Phi) is 8.00. The van der Waals surface area contributed by atoms with Crippen LogP contribution in [0.2, 0.25) is 0 Å². The molecule has 9 heavy (non-hydrogen) atoms. The molecule has 0 aliphatic heterocycles. The smallest absolute Gasteiger partial charge is 0.0420 e. The minimum Gasteiger partial charge on any atom is -0.0776 e. The second kappa shape index (κ2) is 6.12. The van der Waals surface area contributed by atoms with Crippen LogP contribution in [0.5, 0.6) is 0 Å². The van der Waals surface area contributed by atoms with Crippen molar-refractivity contribution >= 4 is 0 Å². The highest BCUT2D eigenvalue weighted by atomic mass is 14.1. The Hall–Kier alpha value is 0. The summed E-state index contributed by atoms with van der Waals surface area (Å²) in [5.41, 5.74) is 0. The second-order valence-electron chi connectivity index (χ2n) is 3.01. The average Bonchev–Trinajstić information content (AvgIpc) is 1.67. The van der Waals surface area contributed by atoms with Crippen molar-refractivity contribution in [2.24, 2.45) is 11.8 Å². The van der Waals surface area contributed by atoms with Crippen molar-refractivity contribution in [1.29, 1.82) is 0 Å². The largest absolute Gasteiger partial charge is 0.0776 e. The maximum absolute atomic E-state index is 2.33. The zero-order valence-corrected chi connectivity index (χ0v) is 6.57. The van der Waals surface area contributed by atoms with Gasteiger partial charge in [-0.25, -0.2) is 0 Å². The summed E-state index contributed by atoms with van der Waals surface area (Å²) in [6.07, 6.45) is 2.72. The molecule has 58 valence electrons. The highest BCUT2D eigenvalue weighted by Gasteiger charge is 2.03. The van der Waals surface area contributed by atoms with Gasteiger partial charge in [-0.2, -0.15) is 0 Å². The summed E-state index contributed by atoms with van der Waals surface area (Å²) in [5.74, 6) is 1.79. The Balaban J connectivity index is 0. The van der Waals surface area contributed by atoms with Crippen LogP contribution in [0.25, 0.3) is 0 Å². The number of hydrogen-bond donors (Lipinski definition) is 0. The quantitative estimate of drug-likeness (QED) is 0.546. The van der Waals surface area contributed by atoms with Crippen LogP contribution in [-0.2, 0) is 0 Å². The third-order valence-corrected chi connectivity index (χ3v) is 1.88. The molecule has 0 saturated carbocycles. The predicted octanol–water partition coefficient (Wildman–Crippen LogP) is 3.71. The fraction of sp³-hybridized carbons (Fsp3) is 1.00. The topological polar surface area (TPSA) is 0 Å². The lowest BCUT2D eigenvalue weighted by Crippen LogP contribution is -2.02. The zero-order chi connectivity index (χ0) is 6.57. The van der Waals surface area contributed by atoms with E-state index in [0.717, 1.165) is 11.8 Å². The summed E-state index contributed by atoms with van der Waals surface area (Å²) in [7, 11) is 0. The Labute approximate surface area is 60.7 Å². The molecule has 0 nitrogen and oxygen atoms in total. The lowest BCUT2D eigenvalue weighted by molar-refractivity contribution is 0.389. The Morgan fingerprint density at radius 3 is 1.67 bits per heavy atom. The molecule has 0 saturated heterocycles. The predicted molar refractivity (Wildman–Crippen MR) is 45.6 cm³/mol. The number of hydrogen-bond acceptors (Lipinski definition) is 0. The molecule has 0 radical (unpaired) electrons. The molecule has 0 fully saturated rings. The maximum Gasteiger partial charge on any atom is -0.0420 e. The Morgan fingerprint density at radius 2 is 1.56 bits per heavy atom. The van der Waals surface area contributed by atoms with Gasteiger partial charge < -0.3 is 0 Å². The van der Waals surface area contributed by atoms with Crippen molar-refractivity contribution in [3.63, 3.8) is 0 Å². The van der Waals surface area contributed by atoms with Gasteiger partial charge >= 0.3 is 0 Å². The third-order valence-electron chi connectivity index (χ3n) is 1.88. The van der Waals surface area contributed by atoms with Crippen molar-refractivity contribution in [3.05, 3.63) is 0 Å². The van der Waals surface area contributed by atoms with E-state index in [1.807, 2.05) is 0 Å². The Morgan fingerprint density at radius 1 is 1.11 bits per heavy atom. The Bertz CT molecular complexity index is 46.0. The molecule has 0 aromatic rings. The van der Waals surface area contributed by atoms with E-state index in [1.54, 1.807) is 0 Å². The van der Waals surface area contributed by atoms with Crippen molar-refractivity contribution in [2.75, 3.05) is 0 Å². The van der Waals surface area contributed by atoms with Gasteiger partial charge in [-0.15, -0.1) is 0 Å².